The lowest BCUT2D eigenvalue weighted by molar-refractivity contribution is 0.0469. The van der Waals surface area contributed by atoms with Crippen molar-refractivity contribution in [3.8, 4) is 0 Å². The highest BCUT2D eigenvalue weighted by Crippen LogP contribution is 2.20. The molecule has 0 saturated carbocycles. The largest absolute Gasteiger partial charge is 0.370 e. The Labute approximate surface area is 95.0 Å². The normalized spacial score (nSPS) is 31.1. The van der Waals surface area contributed by atoms with Crippen LogP contribution in [-0.4, -0.2) is 24.2 Å². The number of nitrogens with one attached hydrogen (secondary N) is 1. The molecule has 0 aliphatic carbocycles. The van der Waals surface area contributed by atoms with E-state index >= 15 is 0 Å². The summed E-state index contributed by atoms with van der Waals surface area (Å²) in [6, 6.07) is 3.54. The lowest BCUT2D eigenvalue weighted by Gasteiger charge is -2.15. The number of hydrogen-bond donors (Lipinski definition) is 1. The zero-order chi connectivity index (χ0) is 11.5. The van der Waals surface area contributed by atoms with E-state index in [0.29, 0.717) is 18.6 Å². The summed E-state index contributed by atoms with van der Waals surface area (Å²) in [6.07, 6.45) is 1.16. The molecule has 1 aliphatic rings. The molecule has 1 aliphatic heterocycles. The maximum Gasteiger partial charge on any atom is 0.141 e. The fourth-order valence-electron chi connectivity index (χ4n) is 1.73. The average molecular weight is 224 g/mol. The van der Waals surface area contributed by atoms with E-state index < -0.39 is 0 Å². The Bertz CT molecular complexity index is 329. The summed E-state index contributed by atoms with van der Waals surface area (Å²) in [5.74, 6) is 0.164. The van der Waals surface area contributed by atoms with Crippen molar-refractivity contribution in [1.82, 2.24) is 10.3 Å². The number of hydrogen-bond acceptors (Lipinski definition) is 3. The van der Waals surface area contributed by atoms with E-state index in [1.54, 1.807) is 6.07 Å². The van der Waals surface area contributed by atoms with Crippen LogP contribution in [0.5, 0.6) is 0 Å². The molecule has 1 saturated heterocycles. The van der Waals surface area contributed by atoms with Crippen LogP contribution in [0.2, 0.25) is 0 Å². The molecule has 1 fully saturated rings. The summed E-state index contributed by atoms with van der Waals surface area (Å²) < 4.78 is 18.5. The highest BCUT2D eigenvalue weighted by molar-refractivity contribution is 5.09. The molecule has 3 nitrogen and oxygen atoms in total. The van der Waals surface area contributed by atoms with Gasteiger partial charge in [-0.3, -0.25) is 4.98 Å². The zero-order valence-corrected chi connectivity index (χ0v) is 9.61. The molecule has 0 bridgehead atoms. The van der Waals surface area contributed by atoms with Crippen LogP contribution in [0, 0.1) is 11.7 Å². The molecule has 1 aromatic heterocycles. The molecule has 3 unspecified atom stereocenters. The predicted molar refractivity (Wildman–Crippen MR) is 59.5 cm³/mol. The fourth-order valence-corrected chi connectivity index (χ4v) is 1.73. The monoisotopic (exact) mass is 224 g/mol. The minimum atomic E-state index is -0.313. The van der Waals surface area contributed by atoms with Gasteiger partial charge in [0.2, 0.25) is 0 Å². The van der Waals surface area contributed by atoms with Crippen molar-refractivity contribution in [3.63, 3.8) is 0 Å². The summed E-state index contributed by atoms with van der Waals surface area (Å²) in [7, 11) is 0. The molecule has 0 radical (unpaired) electrons. The zero-order valence-electron chi connectivity index (χ0n) is 9.61. The Morgan fingerprint density at radius 2 is 2.25 bits per heavy atom. The summed E-state index contributed by atoms with van der Waals surface area (Å²) in [4.78, 5) is 4.05. The number of ether oxygens (including phenoxy) is 1. The third kappa shape index (κ3) is 2.57. The molecule has 2 heterocycles. The van der Waals surface area contributed by atoms with E-state index in [9.17, 15) is 4.39 Å². The van der Waals surface area contributed by atoms with Crippen LogP contribution in [0.25, 0.3) is 0 Å². The van der Waals surface area contributed by atoms with E-state index in [4.69, 9.17) is 4.74 Å². The quantitative estimate of drug-likeness (QED) is 0.791. The van der Waals surface area contributed by atoms with Crippen LogP contribution in [-0.2, 0) is 4.74 Å². The van der Waals surface area contributed by atoms with Crippen LogP contribution in [0.3, 0.4) is 0 Å². The average Bonchev–Trinajstić information content (AvgIpc) is 2.44. The first-order chi connectivity index (χ1) is 7.66. The van der Waals surface area contributed by atoms with Crippen LogP contribution in [0.15, 0.2) is 18.3 Å². The predicted octanol–water partition coefficient (Wildman–Crippen LogP) is 1.91. The van der Waals surface area contributed by atoms with Crippen molar-refractivity contribution in [1.29, 1.82) is 0 Å². The van der Waals surface area contributed by atoms with Crippen molar-refractivity contribution >= 4 is 0 Å². The fraction of sp³-hybridized carbons (Fsp3) is 0.583. The van der Waals surface area contributed by atoms with E-state index in [1.807, 2.05) is 0 Å². The SMILES string of the molecule is CC1COC(c2ccc(F)cn2)CNC1C. The van der Waals surface area contributed by atoms with Crippen molar-refractivity contribution in [2.24, 2.45) is 5.92 Å². The number of pyridine rings is 1. The number of aromatic nitrogens is 1. The molecule has 1 N–H and O–H groups in total. The van der Waals surface area contributed by atoms with Gasteiger partial charge in [-0.1, -0.05) is 6.92 Å². The van der Waals surface area contributed by atoms with Gasteiger partial charge in [-0.25, -0.2) is 4.39 Å². The summed E-state index contributed by atoms with van der Waals surface area (Å²) in [5, 5.41) is 3.40. The molecule has 0 spiro atoms. The summed E-state index contributed by atoms with van der Waals surface area (Å²) in [5.41, 5.74) is 0.787. The van der Waals surface area contributed by atoms with E-state index in [1.165, 1.54) is 12.3 Å². The van der Waals surface area contributed by atoms with Gasteiger partial charge in [0.15, 0.2) is 0 Å². The molecular weight excluding hydrogens is 207 g/mol. The van der Waals surface area contributed by atoms with Gasteiger partial charge in [0, 0.05) is 12.6 Å². The van der Waals surface area contributed by atoms with Crippen molar-refractivity contribution in [2.45, 2.75) is 26.0 Å². The second-order valence-electron chi connectivity index (χ2n) is 4.40. The van der Waals surface area contributed by atoms with Crippen LogP contribution in [0.4, 0.5) is 4.39 Å². The molecule has 16 heavy (non-hydrogen) atoms. The first-order valence-electron chi connectivity index (χ1n) is 5.63. The molecule has 3 atom stereocenters. The van der Waals surface area contributed by atoms with Crippen molar-refractivity contribution in [3.05, 3.63) is 29.8 Å². The standard InChI is InChI=1S/C12H17FN2O/c1-8-7-16-12(6-14-9(8)2)11-4-3-10(13)5-15-11/h3-5,8-9,12,14H,6-7H2,1-2H3. The van der Waals surface area contributed by atoms with E-state index in [2.05, 4.69) is 24.1 Å². The maximum absolute atomic E-state index is 12.7. The summed E-state index contributed by atoms with van der Waals surface area (Å²) >= 11 is 0. The topological polar surface area (TPSA) is 34.1 Å². The Morgan fingerprint density at radius 3 is 2.94 bits per heavy atom. The van der Waals surface area contributed by atoms with Gasteiger partial charge in [-0.2, -0.15) is 0 Å². The maximum atomic E-state index is 12.7. The van der Waals surface area contributed by atoms with Crippen LogP contribution >= 0.6 is 0 Å². The Kier molecular flexibility index (Phi) is 3.51. The molecule has 0 amide bonds. The first-order valence-corrected chi connectivity index (χ1v) is 5.63. The Hall–Kier alpha value is -1.00. The molecule has 4 heteroatoms. The van der Waals surface area contributed by atoms with Gasteiger partial charge < -0.3 is 10.1 Å². The third-order valence-corrected chi connectivity index (χ3v) is 3.12. The van der Waals surface area contributed by atoms with Gasteiger partial charge in [0.25, 0.3) is 0 Å². The third-order valence-electron chi connectivity index (χ3n) is 3.12. The smallest absolute Gasteiger partial charge is 0.141 e. The molecule has 2 rings (SSSR count). The van der Waals surface area contributed by atoms with E-state index in [-0.39, 0.29) is 11.9 Å². The molecule has 88 valence electrons. The second kappa shape index (κ2) is 4.89. The minimum absolute atomic E-state index is 0.0759. The van der Waals surface area contributed by atoms with Crippen molar-refractivity contribution in [2.75, 3.05) is 13.2 Å². The Balaban J connectivity index is 2.07. The lowest BCUT2D eigenvalue weighted by Crippen LogP contribution is -2.32. The molecule has 1 aromatic rings. The van der Waals surface area contributed by atoms with Gasteiger partial charge >= 0.3 is 0 Å². The van der Waals surface area contributed by atoms with Gasteiger partial charge in [-0.05, 0) is 25.0 Å². The van der Waals surface area contributed by atoms with Crippen LogP contribution in [0.1, 0.15) is 25.6 Å². The second-order valence-corrected chi connectivity index (χ2v) is 4.40. The number of rotatable bonds is 1. The van der Waals surface area contributed by atoms with Gasteiger partial charge in [-0.15, -0.1) is 0 Å². The number of halogens is 1. The minimum Gasteiger partial charge on any atom is -0.370 e. The summed E-state index contributed by atoms with van der Waals surface area (Å²) in [6.45, 7) is 5.73. The van der Waals surface area contributed by atoms with Crippen LogP contribution < -0.4 is 5.32 Å². The highest BCUT2D eigenvalue weighted by Gasteiger charge is 2.23. The number of nitrogens with zero attached hydrogens (tertiary/aromatic N) is 1. The Morgan fingerprint density at radius 1 is 1.44 bits per heavy atom. The lowest BCUT2D eigenvalue weighted by atomic mass is 10.1. The highest BCUT2D eigenvalue weighted by atomic mass is 19.1. The van der Waals surface area contributed by atoms with E-state index in [0.717, 1.165) is 12.2 Å². The van der Waals surface area contributed by atoms with Gasteiger partial charge in [0.1, 0.15) is 11.9 Å². The first kappa shape index (κ1) is 11.5. The molecular formula is C12H17FN2O. The molecule has 0 aromatic carbocycles. The van der Waals surface area contributed by atoms with Crippen molar-refractivity contribution < 1.29 is 9.13 Å². The van der Waals surface area contributed by atoms with Gasteiger partial charge in [0.05, 0.1) is 18.5 Å².